The first kappa shape index (κ1) is 19.8. The lowest BCUT2D eigenvalue weighted by Gasteiger charge is -2.25. The van der Waals surface area contributed by atoms with E-state index in [1.807, 2.05) is 43.1 Å². The fraction of sp³-hybridized carbons (Fsp3) is 0.381. The average molecular weight is 386 g/mol. The van der Waals surface area contributed by atoms with Gasteiger partial charge in [-0.2, -0.15) is 0 Å². The number of nitrogens with zero attached hydrogens (tertiary/aromatic N) is 1. The monoisotopic (exact) mass is 386 g/mol. The Bertz CT molecular complexity index is 840. The number of rotatable bonds is 7. The predicted octanol–water partition coefficient (Wildman–Crippen LogP) is 2.93. The Morgan fingerprint density at radius 3 is 2.57 bits per heavy atom. The van der Waals surface area contributed by atoms with Crippen molar-refractivity contribution < 1.29 is 23.7 Å². The Morgan fingerprint density at radius 2 is 1.86 bits per heavy atom. The second-order valence-electron chi connectivity index (χ2n) is 6.62. The molecule has 0 radical (unpaired) electrons. The van der Waals surface area contributed by atoms with E-state index in [0.29, 0.717) is 36.9 Å². The van der Waals surface area contributed by atoms with Gasteiger partial charge in [-0.1, -0.05) is 6.07 Å². The number of hydrogen-bond acceptors (Lipinski definition) is 6. The number of nitrogens with one attached hydrogen (secondary N) is 1. The van der Waals surface area contributed by atoms with Crippen LogP contribution in [-0.2, 0) is 11.3 Å². The summed E-state index contributed by atoms with van der Waals surface area (Å²) >= 11 is 0. The highest BCUT2D eigenvalue weighted by atomic mass is 16.6. The van der Waals surface area contributed by atoms with E-state index in [0.717, 1.165) is 17.1 Å². The van der Waals surface area contributed by atoms with Gasteiger partial charge in [0.25, 0.3) is 0 Å². The fourth-order valence-corrected chi connectivity index (χ4v) is 2.96. The molecule has 150 valence electrons. The minimum Gasteiger partial charge on any atom is -0.497 e. The summed E-state index contributed by atoms with van der Waals surface area (Å²) in [7, 11) is 5.14. The molecule has 28 heavy (non-hydrogen) atoms. The Hall–Kier alpha value is -2.93. The molecule has 0 spiro atoms. The molecule has 7 heteroatoms. The van der Waals surface area contributed by atoms with E-state index >= 15 is 0 Å². The molecule has 7 nitrogen and oxygen atoms in total. The van der Waals surface area contributed by atoms with Crippen LogP contribution >= 0.6 is 0 Å². The van der Waals surface area contributed by atoms with Gasteiger partial charge in [0.2, 0.25) is 5.91 Å². The van der Waals surface area contributed by atoms with E-state index in [-0.39, 0.29) is 11.9 Å². The second-order valence-corrected chi connectivity index (χ2v) is 6.62. The third-order valence-electron chi connectivity index (χ3n) is 4.76. The van der Waals surface area contributed by atoms with E-state index < -0.39 is 0 Å². The molecule has 0 aliphatic carbocycles. The van der Waals surface area contributed by atoms with Crippen molar-refractivity contribution in [1.82, 2.24) is 4.90 Å². The van der Waals surface area contributed by atoms with Crippen molar-refractivity contribution >= 4 is 11.6 Å². The molecule has 0 bridgehead atoms. The number of carbonyl (C=O) groups is 1. The first-order valence-electron chi connectivity index (χ1n) is 9.13. The van der Waals surface area contributed by atoms with Crippen LogP contribution in [0.4, 0.5) is 5.69 Å². The van der Waals surface area contributed by atoms with Gasteiger partial charge in [-0.15, -0.1) is 0 Å². The first-order chi connectivity index (χ1) is 13.5. The molecule has 0 saturated heterocycles. The van der Waals surface area contributed by atoms with Crippen molar-refractivity contribution in [2.24, 2.45) is 0 Å². The summed E-state index contributed by atoms with van der Waals surface area (Å²) in [4.78, 5) is 14.6. The Balaban J connectivity index is 1.64. The van der Waals surface area contributed by atoms with Gasteiger partial charge in [-0.3, -0.25) is 9.69 Å². The molecule has 1 N–H and O–H groups in total. The maximum Gasteiger partial charge on any atom is 0.241 e. The van der Waals surface area contributed by atoms with E-state index in [1.54, 1.807) is 26.4 Å². The third kappa shape index (κ3) is 4.48. The van der Waals surface area contributed by atoms with Crippen molar-refractivity contribution in [1.29, 1.82) is 0 Å². The number of benzene rings is 2. The van der Waals surface area contributed by atoms with Gasteiger partial charge in [-0.05, 0) is 32.2 Å². The lowest BCUT2D eigenvalue weighted by Crippen LogP contribution is -2.39. The Kier molecular flexibility index (Phi) is 6.26. The molecule has 1 atom stereocenters. The van der Waals surface area contributed by atoms with E-state index in [9.17, 15) is 4.79 Å². The lowest BCUT2D eigenvalue weighted by molar-refractivity contribution is -0.120. The van der Waals surface area contributed by atoms with Crippen LogP contribution in [0.25, 0.3) is 0 Å². The summed E-state index contributed by atoms with van der Waals surface area (Å²) in [6.45, 7) is 3.47. The van der Waals surface area contributed by atoms with Crippen LogP contribution in [0.15, 0.2) is 36.4 Å². The lowest BCUT2D eigenvalue weighted by atomic mass is 10.1. The van der Waals surface area contributed by atoms with Gasteiger partial charge in [-0.25, -0.2) is 0 Å². The minimum absolute atomic E-state index is 0.105. The van der Waals surface area contributed by atoms with Gasteiger partial charge < -0.3 is 24.3 Å². The maximum atomic E-state index is 12.7. The Labute approximate surface area is 165 Å². The molecule has 2 aromatic rings. The second kappa shape index (κ2) is 8.84. The quantitative estimate of drug-likeness (QED) is 0.789. The molecule has 3 rings (SSSR count). The summed E-state index contributed by atoms with van der Waals surface area (Å²) in [5.41, 5.74) is 1.65. The maximum absolute atomic E-state index is 12.7. The standard InChI is InChI=1S/C21H26N2O5/c1-14(23(2)13-15-5-7-17(25-3)12-19(15)26-4)21(24)22-16-6-8-18-20(11-16)28-10-9-27-18/h5-8,11-12,14H,9-10,13H2,1-4H3,(H,22,24). The molecular formula is C21H26N2O5. The summed E-state index contributed by atoms with van der Waals surface area (Å²) in [6.07, 6.45) is 0. The summed E-state index contributed by atoms with van der Waals surface area (Å²) < 4.78 is 21.7. The van der Waals surface area contributed by atoms with Crippen molar-refractivity contribution in [3.63, 3.8) is 0 Å². The number of anilines is 1. The number of methoxy groups -OCH3 is 2. The molecule has 1 heterocycles. The molecule has 1 amide bonds. The number of likely N-dealkylation sites (N-methyl/N-ethyl adjacent to an activating group) is 1. The smallest absolute Gasteiger partial charge is 0.241 e. The largest absolute Gasteiger partial charge is 0.497 e. The summed E-state index contributed by atoms with van der Waals surface area (Å²) in [5, 5.41) is 2.94. The topological polar surface area (TPSA) is 69.3 Å². The molecular weight excluding hydrogens is 360 g/mol. The first-order valence-corrected chi connectivity index (χ1v) is 9.13. The van der Waals surface area contributed by atoms with Crippen LogP contribution in [-0.4, -0.2) is 51.3 Å². The molecule has 0 aromatic heterocycles. The Morgan fingerprint density at radius 1 is 1.11 bits per heavy atom. The zero-order chi connectivity index (χ0) is 20.1. The predicted molar refractivity (Wildman–Crippen MR) is 107 cm³/mol. The average Bonchev–Trinajstić information content (AvgIpc) is 2.73. The molecule has 1 unspecified atom stereocenters. The van der Waals surface area contributed by atoms with Crippen LogP contribution in [0.5, 0.6) is 23.0 Å². The number of carbonyl (C=O) groups excluding carboxylic acids is 1. The highest BCUT2D eigenvalue weighted by molar-refractivity contribution is 5.94. The third-order valence-corrected chi connectivity index (χ3v) is 4.76. The zero-order valence-electron chi connectivity index (χ0n) is 16.7. The summed E-state index contributed by atoms with van der Waals surface area (Å²) in [5.74, 6) is 2.69. The summed E-state index contributed by atoms with van der Waals surface area (Å²) in [6, 6.07) is 10.7. The van der Waals surface area contributed by atoms with Crippen LogP contribution < -0.4 is 24.3 Å². The van der Waals surface area contributed by atoms with E-state index in [2.05, 4.69) is 5.32 Å². The highest BCUT2D eigenvalue weighted by Gasteiger charge is 2.21. The molecule has 0 fully saturated rings. The van der Waals surface area contributed by atoms with Crippen molar-refractivity contribution in [2.75, 3.05) is 39.8 Å². The fourth-order valence-electron chi connectivity index (χ4n) is 2.96. The number of amides is 1. The highest BCUT2D eigenvalue weighted by Crippen LogP contribution is 2.32. The van der Waals surface area contributed by atoms with Gasteiger partial charge in [0.1, 0.15) is 24.7 Å². The zero-order valence-corrected chi connectivity index (χ0v) is 16.7. The molecule has 0 saturated carbocycles. The minimum atomic E-state index is -0.347. The number of fused-ring (bicyclic) bond motifs is 1. The molecule has 2 aromatic carbocycles. The van der Waals surface area contributed by atoms with Crippen molar-refractivity contribution in [3.8, 4) is 23.0 Å². The molecule has 1 aliphatic rings. The van der Waals surface area contributed by atoms with Crippen molar-refractivity contribution in [2.45, 2.75) is 19.5 Å². The molecule has 1 aliphatic heterocycles. The van der Waals surface area contributed by atoms with Gasteiger partial charge >= 0.3 is 0 Å². The number of ether oxygens (including phenoxy) is 4. The van der Waals surface area contributed by atoms with Gasteiger partial charge in [0.05, 0.1) is 20.3 Å². The number of hydrogen-bond donors (Lipinski definition) is 1. The van der Waals surface area contributed by atoms with Crippen LogP contribution in [0.2, 0.25) is 0 Å². The van der Waals surface area contributed by atoms with Crippen LogP contribution in [0.3, 0.4) is 0 Å². The van der Waals surface area contributed by atoms with Crippen LogP contribution in [0.1, 0.15) is 12.5 Å². The van der Waals surface area contributed by atoms with Crippen molar-refractivity contribution in [3.05, 3.63) is 42.0 Å². The van der Waals surface area contributed by atoms with Crippen LogP contribution in [0, 0.1) is 0 Å². The van der Waals surface area contributed by atoms with Gasteiger partial charge in [0.15, 0.2) is 11.5 Å². The van der Waals surface area contributed by atoms with E-state index in [4.69, 9.17) is 18.9 Å². The normalized spacial score (nSPS) is 13.8. The van der Waals surface area contributed by atoms with E-state index in [1.165, 1.54) is 0 Å². The van der Waals surface area contributed by atoms with Gasteiger partial charge in [0, 0.05) is 29.9 Å². The SMILES string of the molecule is COc1ccc(CN(C)C(C)C(=O)Nc2ccc3c(c2)OCCO3)c(OC)c1.